The third kappa shape index (κ3) is 1.73. The maximum atomic E-state index is 11.6. The standard InChI is InChI=1S/C15H14N2O/c16-17-15-13-7-5-11(10-3-1-2-4-10)9-12(13)6-8-14(15)18/h5-10H,1-4H2. The molecule has 2 aliphatic carbocycles. The van der Waals surface area contributed by atoms with Crippen molar-refractivity contribution in [3.63, 3.8) is 0 Å². The van der Waals surface area contributed by atoms with E-state index in [0.717, 1.165) is 11.1 Å². The van der Waals surface area contributed by atoms with E-state index in [0.29, 0.717) is 5.92 Å². The second-order valence-corrected chi connectivity index (χ2v) is 4.97. The number of nitrogens with zero attached hydrogens (tertiary/aromatic N) is 2. The van der Waals surface area contributed by atoms with Gasteiger partial charge in [0.2, 0.25) is 0 Å². The van der Waals surface area contributed by atoms with Crippen molar-refractivity contribution in [3.8, 4) is 0 Å². The molecule has 0 radical (unpaired) electrons. The van der Waals surface area contributed by atoms with Gasteiger partial charge < -0.3 is 5.53 Å². The van der Waals surface area contributed by atoms with Crippen molar-refractivity contribution in [1.29, 1.82) is 0 Å². The average Bonchev–Trinajstić information content (AvgIpc) is 2.92. The van der Waals surface area contributed by atoms with E-state index >= 15 is 0 Å². The van der Waals surface area contributed by atoms with Crippen LogP contribution in [0.1, 0.15) is 48.3 Å². The minimum atomic E-state index is -0.237. The zero-order valence-electron chi connectivity index (χ0n) is 10.1. The maximum Gasteiger partial charge on any atom is 0.369 e. The van der Waals surface area contributed by atoms with Gasteiger partial charge in [0.05, 0.1) is 5.56 Å². The van der Waals surface area contributed by atoms with Crippen molar-refractivity contribution in [1.82, 2.24) is 0 Å². The van der Waals surface area contributed by atoms with E-state index in [1.807, 2.05) is 12.1 Å². The monoisotopic (exact) mass is 238 g/mol. The molecule has 1 aromatic rings. The molecule has 0 bridgehead atoms. The van der Waals surface area contributed by atoms with E-state index in [2.05, 4.69) is 16.9 Å². The lowest BCUT2D eigenvalue weighted by Crippen LogP contribution is -2.18. The SMILES string of the molecule is [N-]=[N+]=C1C(=O)C=Cc2cc(C3CCCC3)ccc21. The van der Waals surface area contributed by atoms with Crippen LogP contribution in [0.15, 0.2) is 24.3 Å². The molecular formula is C15H14N2O. The van der Waals surface area contributed by atoms with Crippen molar-refractivity contribution >= 4 is 17.6 Å². The molecule has 0 N–H and O–H groups in total. The van der Waals surface area contributed by atoms with Crippen molar-refractivity contribution in [2.45, 2.75) is 31.6 Å². The molecular weight excluding hydrogens is 224 g/mol. The van der Waals surface area contributed by atoms with E-state index in [-0.39, 0.29) is 11.5 Å². The zero-order chi connectivity index (χ0) is 12.5. The van der Waals surface area contributed by atoms with E-state index in [1.165, 1.54) is 37.3 Å². The first-order chi connectivity index (χ1) is 8.79. The number of fused-ring (bicyclic) bond motifs is 1. The molecule has 1 saturated carbocycles. The summed E-state index contributed by atoms with van der Waals surface area (Å²) in [6.45, 7) is 0. The molecule has 0 aliphatic heterocycles. The second-order valence-electron chi connectivity index (χ2n) is 4.97. The number of carbonyl (C=O) groups is 1. The lowest BCUT2D eigenvalue weighted by atomic mass is 9.89. The number of allylic oxidation sites excluding steroid dienone is 1. The summed E-state index contributed by atoms with van der Waals surface area (Å²) in [5.41, 5.74) is 12.1. The van der Waals surface area contributed by atoms with Gasteiger partial charge in [-0.2, -0.15) is 4.79 Å². The first-order valence-electron chi connectivity index (χ1n) is 6.38. The van der Waals surface area contributed by atoms with Crippen LogP contribution in [-0.2, 0) is 4.79 Å². The van der Waals surface area contributed by atoms with Crippen molar-refractivity contribution in [2.75, 3.05) is 0 Å². The Labute approximate surface area is 106 Å². The van der Waals surface area contributed by atoms with Gasteiger partial charge in [-0.15, -0.1) is 0 Å². The zero-order valence-corrected chi connectivity index (χ0v) is 10.1. The second kappa shape index (κ2) is 4.35. The van der Waals surface area contributed by atoms with Crippen molar-refractivity contribution < 1.29 is 9.58 Å². The molecule has 0 unspecified atom stereocenters. The van der Waals surface area contributed by atoms with Gasteiger partial charge in [0.1, 0.15) is 0 Å². The predicted molar refractivity (Wildman–Crippen MR) is 69.4 cm³/mol. The van der Waals surface area contributed by atoms with Crippen LogP contribution < -0.4 is 0 Å². The molecule has 3 rings (SSSR count). The molecule has 1 fully saturated rings. The molecule has 2 aliphatic rings. The summed E-state index contributed by atoms with van der Waals surface area (Å²) in [6.07, 6.45) is 8.39. The average molecular weight is 238 g/mol. The van der Waals surface area contributed by atoms with Crippen molar-refractivity contribution in [3.05, 3.63) is 46.5 Å². The summed E-state index contributed by atoms with van der Waals surface area (Å²) < 4.78 is 0. The Morgan fingerprint density at radius 2 is 1.94 bits per heavy atom. The highest BCUT2D eigenvalue weighted by molar-refractivity contribution is 6.50. The van der Waals surface area contributed by atoms with E-state index in [4.69, 9.17) is 5.53 Å². The van der Waals surface area contributed by atoms with Crippen LogP contribution >= 0.6 is 0 Å². The number of hydrogen-bond acceptors (Lipinski definition) is 1. The van der Waals surface area contributed by atoms with E-state index < -0.39 is 0 Å². The number of hydrogen-bond donors (Lipinski definition) is 0. The molecule has 90 valence electrons. The Morgan fingerprint density at radius 1 is 1.17 bits per heavy atom. The molecule has 0 atom stereocenters. The maximum absolute atomic E-state index is 11.6. The third-order valence-electron chi connectivity index (χ3n) is 3.90. The topological polar surface area (TPSA) is 53.5 Å². The highest BCUT2D eigenvalue weighted by atomic mass is 16.1. The van der Waals surface area contributed by atoms with Gasteiger partial charge in [-0.05, 0) is 48.1 Å². The minimum Gasteiger partial charge on any atom is -0.361 e. The fourth-order valence-corrected chi connectivity index (χ4v) is 2.93. The number of rotatable bonds is 1. The van der Waals surface area contributed by atoms with Gasteiger partial charge in [-0.3, -0.25) is 4.79 Å². The quantitative estimate of drug-likeness (QED) is 0.548. The number of ketones is 1. The fourth-order valence-electron chi connectivity index (χ4n) is 2.93. The predicted octanol–water partition coefficient (Wildman–Crippen LogP) is 2.96. The van der Waals surface area contributed by atoms with Gasteiger partial charge in [-0.1, -0.05) is 25.0 Å². The van der Waals surface area contributed by atoms with Gasteiger partial charge in [0.25, 0.3) is 5.78 Å². The summed E-state index contributed by atoms with van der Waals surface area (Å²) in [5, 5.41) is 0. The molecule has 0 amide bonds. The summed E-state index contributed by atoms with van der Waals surface area (Å²) in [7, 11) is 0. The van der Waals surface area contributed by atoms with E-state index in [9.17, 15) is 4.79 Å². The van der Waals surface area contributed by atoms with Crippen LogP contribution in [0.5, 0.6) is 0 Å². The van der Waals surface area contributed by atoms with Gasteiger partial charge in [0.15, 0.2) is 0 Å². The summed E-state index contributed by atoms with van der Waals surface area (Å²) in [5.74, 6) is 0.412. The van der Waals surface area contributed by atoms with Gasteiger partial charge in [0, 0.05) is 0 Å². The van der Waals surface area contributed by atoms with Crippen LogP contribution in [0, 0.1) is 0 Å². The lowest BCUT2D eigenvalue weighted by Gasteiger charge is -2.13. The summed E-state index contributed by atoms with van der Waals surface area (Å²) in [6, 6.07) is 6.09. The Balaban J connectivity index is 2.05. The molecule has 0 aromatic heterocycles. The molecule has 3 nitrogen and oxygen atoms in total. The highest BCUT2D eigenvalue weighted by Gasteiger charge is 2.27. The normalized spacial score (nSPS) is 18.9. The summed E-state index contributed by atoms with van der Waals surface area (Å²) in [4.78, 5) is 14.7. The highest BCUT2D eigenvalue weighted by Crippen LogP contribution is 2.35. The Bertz CT molecular complexity index is 589. The number of carbonyl (C=O) groups excluding carboxylic acids is 1. The molecule has 1 aromatic carbocycles. The minimum absolute atomic E-state index is 0.144. The van der Waals surface area contributed by atoms with E-state index in [1.54, 1.807) is 0 Å². The molecule has 0 saturated heterocycles. The Hall–Kier alpha value is -1.99. The molecule has 0 heterocycles. The molecule has 0 spiro atoms. The Kier molecular flexibility index (Phi) is 2.69. The van der Waals surface area contributed by atoms with Crippen LogP contribution in [0.4, 0.5) is 0 Å². The molecule has 18 heavy (non-hydrogen) atoms. The third-order valence-corrected chi connectivity index (χ3v) is 3.90. The van der Waals surface area contributed by atoms with Gasteiger partial charge in [-0.25, -0.2) is 0 Å². The van der Waals surface area contributed by atoms with Crippen molar-refractivity contribution in [2.24, 2.45) is 0 Å². The van der Waals surface area contributed by atoms with Crippen LogP contribution in [0.2, 0.25) is 0 Å². The Morgan fingerprint density at radius 3 is 2.67 bits per heavy atom. The van der Waals surface area contributed by atoms with Crippen LogP contribution in [0.25, 0.3) is 11.6 Å². The first-order valence-corrected chi connectivity index (χ1v) is 6.38. The largest absolute Gasteiger partial charge is 0.369 e. The number of benzene rings is 1. The fraction of sp³-hybridized carbons (Fsp3) is 0.333. The van der Waals surface area contributed by atoms with Gasteiger partial charge >= 0.3 is 5.71 Å². The first kappa shape index (κ1) is 11.1. The smallest absolute Gasteiger partial charge is 0.361 e. The van der Waals surface area contributed by atoms with Crippen LogP contribution in [-0.4, -0.2) is 16.3 Å². The molecule has 3 heteroatoms. The lowest BCUT2D eigenvalue weighted by molar-refractivity contribution is -0.112. The van der Waals surface area contributed by atoms with Crippen LogP contribution in [0.3, 0.4) is 0 Å². The summed E-state index contributed by atoms with van der Waals surface area (Å²) >= 11 is 0.